The molecule has 0 saturated carbocycles. The Kier molecular flexibility index (Phi) is 3.26. The summed E-state index contributed by atoms with van der Waals surface area (Å²) in [6.07, 6.45) is 2.91. The third-order valence-electron chi connectivity index (χ3n) is 2.53. The molecule has 106 valence electrons. The normalized spacial score (nSPS) is 10.8. The second kappa shape index (κ2) is 5.09. The standard InChI is InChI=1S/C12H5F3N4OS/c13-6-4-5-9(8(15)7(6)14)21-12(18-10(5)20)19-11-16-2-1-3-17-11/h1-4H,(H,16,17,18,19,20). The van der Waals surface area contributed by atoms with Crippen LogP contribution in [0, 0.1) is 17.5 Å². The molecule has 3 aromatic rings. The van der Waals surface area contributed by atoms with Crippen molar-refractivity contribution in [2.75, 3.05) is 5.32 Å². The van der Waals surface area contributed by atoms with Crippen molar-refractivity contribution in [1.82, 2.24) is 15.0 Å². The van der Waals surface area contributed by atoms with E-state index in [0.717, 1.165) is 0 Å². The number of hydrogen-bond donors (Lipinski definition) is 1. The Morgan fingerprint density at radius 3 is 2.52 bits per heavy atom. The lowest BCUT2D eigenvalue weighted by Gasteiger charge is -2.04. The molecule has 2 aromatic heterocycles. The van der Waals surface area contributed by atoms with Crippen molar-refractivity contribution in [3.63, 3.8) is 0 Å². The van der Waals surface area contributed by atoms with E-state index in [1.165, 1.54) is 12.4 Å². The van der Waals surface area contributed by atoms with E-state index in [1.54, 1.807) is 6.07 Å². The van der Waals surface area contributed by atoms with Crippen LogP contribution in [0.15, 0.2) is 29.3 Å². The molecule has 2 heterocycles. The van der Waals surface area contributed by atoms with E-state index in [1.807, 2.05) is 0 Å². The first kappa shape index (κ1) is 13.4. The summed E-state index contributed by atoms with van der Waals surface area (Å²) in [5.74, 6) is -4.35. The molecule has 0 bridgehead atoms. The van der Waals surface area contributed by atoms with Crippen LogP contribution >= 0.6 is 11.3 Å². The van der Waals surface area contributed by atoms with Crippen LogP contribution in [-0.4, -0.2) is 15.0 Å². The van der Waals surface area contributed by atoms with Gasteiger partial charge in [-0.05, 0) is 12.1 Å². The maximum atomic E-state index is 13.7. The molecule has 0 aliphatic carbocycles. The fraction of sp³-hybridized carbons (Fsp3) is 0. The first-order valence-electron chi connectivity index (χ1n) is 5.58. The summed E-state index contributed by atoms with van der Waals surface area (Å²) in [5.41, 5.74) is -0.875. The Balaban J connectivity index is 2.17. The largest absolute Gasteiger partial charge is 0.300 e. The topological polar surface area (TPSA) is 67.8 Å². The minimum atomic E-state index is -1.63. The Bertz CT molecular complexity index is 885. The molecule has 0 fully saturated rings. The molecule has 0 amide bonds. The summed E-state index contributed by atoms with van der Waals surface area (Å²) in [6, 6.07) is 2.21. The van der Waals surface area contributed by atoms with Gasteiger partial charge in [-0.2, -0.15) is 4.98 Å². The van der Waals surface area contributed by atoms with Crippen molar-refractivity contribution in [2.24, 2.45) is 0 Å². The lowest BCUT2D eigenvalue weighted by atomic mass is 10.2. The molecule has 0 aliphatic heterocycles. The second-order valence-corrected chi connectivity index (χ2v) is 4.88. The minimum Gasteiger partial charge on any atom is -0.300 e. The Labute approximate surface area is 119 Å². The molecule has 3 rings (SSSR count). The summed E-state index contributed by atoms with van der Waals surface area (Å²) < 4.78 is 39.8. The number of hydrogen-bond acceptors (Lipinski definition) is 6. The molecule has 0 spiro atoms. The van der Waals surface area contributed by atoms with Gasteiger partial charge < -0.3 is 0 Å². The van der Waals surface area contributed by atoms with Gasteiger partial charge in [0.25, 0.3) is 5.56 Å². The van der Waals surface area contributed by atoms with Crippen molar-refractivity contribution in [1.29, 1.82) is 0 Å². The van der Waals surface area contributed by atoms with Gasteiger partial charge in [-0.3, -0.25) is 10.1 Å². The first-order valence-corrected chi connectivity index (χ1v) is 6.40. The quantitative estimate of drug-likeness (QED) is 0.737. The number of aromatic nitrogens is 3. The molecule has 1 aromatic carbocycles. The summed E-state index contributed by atoms with van der Waals surface area (Å²) in [5, 5.41) is 2.25. The summed E-state index contributed by atoms with van der Waals surface area (Å²) >= 11 is 0.661. The maximum Gasteiger partial charge on any atom is 0.281 e. The van der Waals surface area contributed by atoms with E-state index in [4.69, 9.17) is 0 Å². The van der Waals surface area contributed by atoms with Crippen LogP contribution in [0.2, 0.25) is 0 Å². The van der Waals surface area contributed by atoms with Gasteiger partial charge >= 0.3 is 0 Å². The van der Waals surface area contributed by atoms with Gasteiger partial charge in [-0.1, -0.05) is 11.3 Å². The third-order valence-corrected chi connectivity index (χ3v) is 3.52. The fourth-order valence-electron chi connectivity index (χ4n) is 1.62. The van der Waals surface area contributed by atoms with Gasteiger partial charge in [0, 0.05) is 12.4 Å². The van der Waals surface area contributed by atoms with Crippen molar-refractivity contribution in [3.05, 3.63) is 52.3 Å². The molecule has 21 heavy (non-hydrogen) atoms. The van der Waals surface area contributed by atoms with Crippen LogP contribution in [0.3, 0.4) is 0 Å². The highest BCUT2D eigenvalue weighted by Crippen LogP contribution is 2.27. The third kappa shape index (κ3) is 2.42. The molecule has 0 radical (unpaired) electrons. The Hall–Kier alpha value is -2.55. The minimum absolute atomic E-state index is 0.0244. The average Bonchev–Trinajstić information content (AvgIpc) is 2.47. The lowest BCUT2D eigenvalue weighted by molar-refractivity contribution is 0.454. The number of benzene rings is 1. The maximum absolute atomic E-state index is 13.7. The number of rotatable bonds is 2. The molecular weight excluding hydrogens is 305 g/mol. The predicted octanol–water partition coefficient (Wildman–Crippen LogP) is 2.61. The molecule has 1 N–H and O–H groups in total. The zero-order chi connectivity index (χ0) is 15.0. The summed E-state index contributed by atoms with van der Waals surface area (Å²) in [7, 11) is 0. The van der Waals surface area contributed by atoms with Crippen LogP contribution in [-0.2, 0) is 0 Å². The van der Waals surface area contributed by atoms with Crippen molar-refractivity contribution >= 4 is 32.5 Å². The fourth-order valence-corrected chi connectivity index (χ4v) is 2.52. The van der Waals surface area contributed by atoms with E-state index < -0.39 is 23.0 Å². The Morgan fingerprint density at radius 1 is 1.10 bits per heavy atom. The number of anilines is 2. The zero-order valence-corrected chi connectivity index (χ0v) is 10.9. The average molecular weight is 310 g/mol. The monoisotopic (exact) mass is 310 g/mol. The molecule has 0 saturated heterocycles. The smallest absolute Gasteiger partial charge is 0.281 e. The molecule has 0 unspecified atom stereocenters. The van der Waals surface area contributed by atoms with Crippen LogP contribution < -0.4 is 10.9 Å². The Morgan fingerprint density at radius 2 is 1.81 bits per heavy atom. The van der Waals surface area contributed by atoms with E-state index in [-0.39, 0.29) is 21.2 Å². The highest BCUT2D eigenvalue weighted by molar-refractivity contribution is 7.21. The van der Waals surface area contributed by atoms with Gasteiger partial charge in [0.2, 0.25) is 5.95 Å². The van der Waals surface area contributed by atoms with E-state index >= 15 is 0 Å². The summed E-state index contributed by atoms with van der Waals surface area (Å²) in [6.45, 7) is 0. The highest BCUT2D eigenvalue weighted by atomic mass is 32.1. The number of nitrogens with one attached hydrogen (secondary N) is 1. The van der Waals surface area contributed by atoms with Crippen molar-refractivity contribution in [2.45, 2.75) is 0 Å². The van der Waals surface area contributed by atoms with Gasteiger partial charge in [0.15, 0.2) is 22.6 Å². The van der Waals surface area contributed by atoms with Crippen molar-refractivity contribution in [3.8, 4) is 0 Å². The van der Waals surface area contributed by atoms with Crippen molar-refractivity contribution < 1.29 is 13.2 Å². The van der Waals surface area contributed by atoms with Crippen LogP contribution in [0.25, 0.3) is 10.1 Å². The number of nitrogens with zero attached hydrogens (tertiary/aromatic N) is 3. The predicted molar refractivity (Wildman–Crippen MR) is 71.1 cm³/mol. The van der Waals surface area contributed by atoms with Gasteiger partial charge in [0.05, 0.1) is 10.1 Å². The SMILES string of the molecule is O=c1nc(Nc2ncccn2)sc2c(F)c(F)c(F)cc12. The molecule has 0 atom stereocenters. The van der Waals surface area contributed by atoms with Gasteiger partial charge in [0.1, 0.15) is 0 Å². The van der Waals surface area contributed by atoms with E-state index in [2.05, 4.69) is 20.3 Å². The summed E-state index contributed by atoms with van der Waals surface area (Å²) in [4.78, 5) is 23.1. The zero-order valence-electron chi connectivity index (χ0n) is 10.1. The van der Waals surface area contributed by atoms with Gasteiger partial charge in [-0.25, -0.2) is 23.1 Å². The molecule has 0 aliphatic rings. The van der Waals surface area contributed by atoms with E-state index in [9.17, 15) is 18.0 Å². The van der Waals surface area contributed by atoms with Crippen LogP contribution in [0.5, 0.6) is 0 Å². The highest BCUT2D eigenvalue weighted by Gasteiger charge is 2.17. The van der Waals surface area contributed by atoms with Gasteiger partial charge in [-0.15, -0.1) is 0 Å². The first-order chi connectivity index (χ1) is 10.1. The molecular formula is C12H5F3N4OS. The van der Waals surface area contributed by atoms with Crippen LogP contribution in [0.4, 0.5) is 24.3 Å². The number of fused-ring (bicyclic) bond motifs is 1. The molecule has 9 heteroatoms. The lowest BCUT2D eigenvalue weighted by Crippen LogP contribution is -2.10. The second-order valence-electron chi connectivity index (χ2n) is 3.88. The van der Waals surface area contributed by atoms with E-state index in [0.29, 0.717) is 17.4 Å². The number of halogens is 3. The van der Waals surface area contributed by atoms with Crippen LogP contribution in [0.1, 0.15) is 0 Å². The molecule has 5 nitrogen and oxygen atoms in total.